The maximum atomic E-state index is 12.1. The van der Waals surface area contributed by atoms with Crippen LogP contribution in [0.2, 0.25) is 0 Å². The van der Waals surface area contributed by atoms with Gasteiger partial charge in [0.15, 0.2) is 0 Å². The Balaban J connectivity index is 1.77. The molecular formula is C16H24N4O4S. The highest BCUT2D eigenvalue weighted by molar-refractivity contribution is 7.89. The average molecular weight is 368 g/mol. The van der Waals surface area contributed by atoms with Gasteiger partial charge in [-0.05, 0) is 13.0 Å². The molecule has 1 aromatic heterocycles. The fourth-order valence-corrected chi connectivity index (χ4v) is 5.07. The Kier molecular flexibility index (Phi) is 4.82. The van der Waals surface area contributed by atoms with Crippen molar-refractivity contribution in [3.8, 4) is 0 Å². The third-order valence-corrected chi connectivity index (χ3v) is 7.09. The van der Waals surface area contributed by atoms with Gasteiger partial charge in [0, 0.05) is 51.3 Å². The predicted molar refractivity (Wildman–Crippen MR) is 91.3 cm³/mol. The molecule has 1 aromatic rings. The maximum Gasteiger partial charge on any atom is 0.312 e. The van der Waals surface area contributed by atoms with Crippen molar-refractivity contribution in [3.05, 3.63) is 23.8 Å². The molecule has 0 aliphatic carbocycles. The molecule has 2 fully saturated rings. The van der Waals surface area contributed by atoms with Gasteiger partial charge in [-0.2, -0.15) is 0 Å². The molecule has 2 aliphatic heterocycles. The summed E-state index contributed by atoms with van der Waals surface area (Å²) in [6, 6.07) is 1.84. The number of hydrogen-bond donors (Lipinski definition) is 1. The number of fused-ring (bicyclic) bond motifs is 1. The third-order valence-electron chi connectivity index (χ3n) is 5.30. The Bertz CT molecular complexity index is 769. The number of carboxylic acid groups (broad SMARTS) is 1. The molecule has 138 valence electrons. The number of aromatic nitrogens is 2. The van der Waals surface area contributed by atoms with Gasteiger partial charge in [0.05, 0.1) is 16.9 Å². The zero-order valence-electron chi connectivity index (χ0n) is 14.6. The number of aliphatic carboxylic acids is 1. The molecule has 1 N–H and O–H groups in total. The molecule has 9 heteroatoms. The van der Waals surface area contributed by atoms with Gasteiger partial charge in [0.25, 0.3) is 0 Å². The van der Waals surface area contributed by atoms with E-state index in [2.05, 4.69) is 14.9 Å². The van der Waals surface area contributed by atoms with Gasteiger partial charge in [0.1, 0.15) is 5.82 Å². The van der Waals surface area contributed by atoms with E-state index in [1.807, 2.05) is 13.0 Å². The molecule has 8 nitrogen and oxygen atoms in total. The Morgan fingerprint density at radius 3 is 2.72 bits per heavy atom. The molecule has 0 spiro atoms. The first-order valence-corrected chi connectivity index (χ1v) is 10.2. The summed E-state index contributed by atoms with van der Waals surface area (Å²) in [7, 11) is -3.37. The zero-order valence-corrected chi connectivity index (χ0v) is 15.4. The van der Waals surface area contributed by atoms with E-state index in [1.54, 1.807) is 13.1 Å². The lowest BCUT2D eigenvalue weighted by atomic mass is 9.81. The van der Waals surface area contributed by atoms with Crippen LogP contribution in [-0.2, 0) is 27.8 Å². The van der Waals surface area contributed by atoms with E-state index in [-0.39, 0.29) is 24.8 Å². The summed E-state index contributed by atoms with van der Waals surface area (Å²) in [6.45, 7) is 5.38. The van der Waals surface area contributed by atoms with Gasteiger partial charge in [0.2, 0.25) is 10.0 Å². The van der Waals surface area contributed by atoms with Crippen molar-refractivity contribution in [2.75, 3.05) is 31.9 Å². The Labute approximate surface area is 147 Å². The van der Waals surface area contributed by atoms with Crippen LogP contribution in [0.25, 0.3) is 0 Å². The topological polar surface area (TPSA) is 104 Å². The van der Waals surface area contributed by atoms with E-state index >= 15 is 0 Å². The third kappa shape index (κ3) is 3.28. The van der Waals surface area contributed by atoms with E-state index in [1.165, 1.54) is 4.31 Å². The lowest BCUT2D eigenvalue weighted by Crippen LogP contribution is -2.42. The maximum absolute atomic E-state index is 12.1. The molecule has 25 heavy (non-hydrogen) atoms. The molecular weight excluding hydrogens is 344 g/mol. The van der Waals surface area contributed by atoms with Crippen molar-refractivity contribution in [1.29, 1.82) is 0 Å². The number of sulfonamides is 1. The van der Waals surface area contributed by atoms with Crippen LogP contribution in [-0.4, -0.2) is 70.6 Å². The van der Waals surface area contributed by atoms with E-state index in [4.69, 9.17) is 0 Å². The van der Waals surface area contributed by atoms with Crippen molar-refractivity contribution < 1.29 is 18.3 Å². The van der Waals surface area contributed by atoms with Crippen molar-refractivity contribution in [3.63, 3.8) is 0 Å². The molecule has 0 bridgehead atoms. The van der Waals surface area contributed by atoms with Gasteiger partial charge in [-0.15, -0.1) is 0 Å². The molecule has 0 amide bonds. The molecule has 2 saturated heterocycles. The van der Waals surface area contributed by atoms with Crippen molar-refractivity contribution in [2.24, 2.45) is 11.3 Å². The summed E-state index contributed by atoms with van der Waals surface area (Å²) in [6.07, 6.45) is 2.47. The molecule has 0 aromatic carbocycles. The zero-order chi connectivity index (χ0) is 18.2. The standard InChI is InChI=1S/C16H24N4O4S/c1-3-14-17-6-5-13(18-14)9-19-7-12-8-20(25(23,24)4-2)11-16(12,10-19)15(21)22/h5-6,12H,3-4,7-11H2,1-2H3,(H,21,22)/t12-,16-/m1/s1. The van der Waals surface area contributed by atoms with Crippen LogP contribution in [0, 0.1) is 11.3 Å². The van der Waals surface area contributed by atoms with E-state index in [0.29, 0.717) is 19.6 Å². The summed E-state index contributed by atoms with van der Waals surface area (Å²) in [5.41, 5.74) is -0.159. The van der Waals surface area contributed by atoms with Crippen molar-refractivity contribution in [2.45, 2.75) is 26.8 Å². The minimum absolute atomic E-state index is 0.000136. The quantitative estimate of drug-likeness (QED) is 0.765. The van der Waals surface area contributed by atoms with Gasteiger partial charge in [-0.3, -0.25) is 9.69 Å². The minimum Gasteiger partial charge on any atom is -0.481 e. The minimum atomic E-state index is -3.37. The first-order valence-electron chi connectivity index (χ1n) is 8.55. The summed E-state index contributed by atoms with van der Waals surface area (Å²) >= 11 is 0. The highest BCUT2D eigenvalue weighted by Crippen LogP contribution is 2.44. The van der Waals surface area contributed by atoms with Crippen LogP contribution >= 0.6 is 0 Å². The molecule has 0 saturated carbocycles. The Morgan fingerprint density at radius 2 is 2.12 bits per heavy atom. The normalized spacial score (nSPS) is 27.5. The van der Waals surface area contributed by atoms with Gasteiger partial charge in [-0.1, -0.05) is 6.92 Å². The number of rotatable bonds is 6. The predicted octanol–water partition coefficient (Wildman–Crippen LogP) is 0.207. The van der Waals surface area contributed by atoms with Gasteiger partial charge < -0.3 is 5.11 Å². The number of carbonyl (C=O) groups is 1. The number of carboxylic acids is 1. The van der Waals surface area contributed by atoms with Crippen LogP contribution in [0.5, 0.6) is 0 Å². The monoisotopic (exact) mass is 368 g/mol. The molecule has 2 aliphatic rings. The van der Waals surface area contributed by atoms with Crippen LogP contribution < -0.4 is 0 Å². The second-order valence-electron chi connectivity index (χ2n) is 6.84. The smallest absolute Gasteiger partial charge is 0.312 e. The fourth-order valence-electron chi connectivity index (χ4n) is 3.87. The van der Waals surface area contributed by atoms with Gasteiger partial charge in [-0.25, -0.2) is 22.7 Å². The molecule has 0 radical (unpaired) electrons. The number of nitrogens with zero attached hydrogens (tertiary/aromatic N) is 4. The summed E-state index contributed by atoms with van der Waals surface area (Å²) in [4.78, 5) is 22.7. The summed E-state index contributed by atoms with van der Waals surface area (Å²) < 4.78 is 25.6. The fraction of sp³-hybridized carbons (Fsp3) is 0.688. The van der Waals surface area contributed by atoms with E-state index < -0.39 is 21.4 Å². The van der Waals surface area contributed by atoms with Crippen LogP contribution in [0.1, 0.15) is 25.4 Å². The Morgan fingerprint density at radius 1 is 1.36 bits per heavy atom. The van der Waals surface area contributed by atoms with Crippen LogP contribution in [0.15, 0.2) is 12.3 Å². The largest absolute Gasteiger partial charge is 0.481 e. The van der Waals surface area contributed by atoms with Crippen LogP contribution in [0.4, 0.5) is 0 Å². The SMILES string of the molecule is CCc1nccc(CN2C[C@@H]3CN(S(=O)(=O)CC)C[C@]3(C(=O)O)C2)n1. The Hall–Kier alpha value is -1.58. The molecule has 3 heterocycles. The number of aryl methyl sites for hydroxylation is 1. The second kappa shape index (κ2) is 6.62. The average Bonchev–Trinajstić information content (AvgIpc) is 3.10. The van der Waals surface area contributed by atoms with Gasteiger partial charge >= 0.3 is 5.97 Å². The van der Waals surface area contributed by atoms with Crippen molar-refractivity contribution >= 4 is 16.0 Å². The first kappa shape index (κ1) is 18.2. The number of hydrogen-bond acceptors (Lipinski definition) is 6. The van der Waals surface area contributed by atoms with E-state index in [9.17, 15) is 18.3 Å². The molecule has 3 rings (SSSR count). The lowest BCUT2D eigenvalue weighted by molar-refractivity contribution is -0.148. The number of likely N-dealkylation sites (tertiary alicyclic amines) is 1. The highest BCUT2D eigenvalue weighted by atomic mass is 32.2. The molecule has 0 unspecified atom stereocenters. The second-order valence-corrected chi connectivity index (χ2v) is 9.10. The summed E-state index contributed by atoms with van der Waals surface area (Å²) in [5, 5.41) is 9.82. The van der Waals surface area contributed by atoms with Crippen molar-refractivity contribution in [1.82, 2.24) is 19.2 Å². The first-order chi connectivity index (χ1) is 11.8. The van der Waals surface area contributed by atoms with E-state index in [0.717, 1.165) is 17.9 Å². The lowest BCUT2D eigenvalue weighted by Gasteiger charge is -2.25. The highest BCUT2D eigenvalue weighted by Gasteiger charge is 2.59. The summed E-state index contributed by atoms with van der Waals surface area (Å²) in [5.74, 6) is -0.338. The van der Waals surface area contributed by atoms with Crippen LogP contribution in [0.3, 0.4) is 0 Å². The molecule has 2 atom stereocenters.